The Bertz CT molecular complexity index is 1340. The van der Waals surface area contributed by atoms with Gasteiger partial charge in [-0.1, -0.05) is 55.0 Å². The van der Waals surface area contributed by atoms with E-state index < -0.39 is 12.2 Å². The third-order valence-electron chi connectivity index (χ3n) is 9.97. The van der Waals surface area contributed by atoms with Crippen molar-refractivity contribution in [3.63, 3.8) is 0 Å². The molecule has 4 aliphatic rings. The van der Waals surface area contributed by atoms with Gasteiger partial charge in [0.25, 0.3) is 5.91 Å². The number of rotatable bonds is 6. The number of urea groups is 1. The molecule has 4 amide bonds. The lowest BCUT2D eigenvalue weighted by Gasteiger charge is -2.41. The van der Waals surface area contributed by atoms with Gasteiger partial charge in [0.15, 0.2) is 6.10 Å². The van der Waals surface area contributed by atoms with E-state index >= 15 is 0 Å². The fraction of sp³-hybridized carbons (Fsp3) is 0.583. The fourth-order valence-corrected chi connectivity index (χ4v) is 7.58. The van der Waals surface area contributed by atoms with Crippen LogP contribution in [-0.4, -0.2) is 115 Å². The maximum atomic E-state index is 13.9. The Morgan fingerprint density at radius 3 is 2.17 bits per heavy atom. The highest BCUT2D eigenvalue weighted by atomic mass is 16.6. The number of piperazine rings is 1. The lowest BCUT2D eigenvalue weighted by molar-refractivity contribution is -0.142. The fourth-order valence-electron chi connectivity index (χ4n) is 7.58. The topological polar surface area (TPSA) is 97.5 Å². The normalized spacial score (nSPS) is 20.7. The summed E-state index contributed by atoms with van der Waals surface area (Å²) in [5.74, 6) is -0.100. The summed E-state index contributed by atoms with van der Waals surface area (Å²) in [5, 5.41) is 6.48. The standard InChI is InChI=1S/C35H48N6O4.CH4/c1-25-21-26(2)23-27(22-25)24-32(33(42)39-14-8-29(9-15-39)38-19-12-36-13-20-38)45-35(44)40-16-10-30(11-17-40)41-18-7-28-5-3-4-6-31(28)37-34(41)43;/h3-6,21-23,29-30,32,36H,7-20,24H2,1-2H3,(H,37,43);1H4/t32-;/m1./s1. The number of fused-ring (bicyclic) bond motifs is 1. The van der Waals surface area contributed by atoms with Crippen molar-refractivity contribution in [3.05, 3.63) is 64.7 Å². The maximum Gasteiger partial charge on any atom is 0.410 e. The molecule has 46 heavy (non-hydrogen) atoms. The summed E-state index contributed by atoms with van der Waals surface area (Å²) in [6.45, 7) is 11.2. The Balaban J connectivity index is 0.00000417. The average Bonchev–Trinajstić information content (AvgIpc) is 3.22. The van der Waals surface area contributed by atoms with Crippen LogP contribution in [0.2, 0.25) is 0 Å². The van der Waals surface area contributed by atoms with E-state index in [1.165, 1.54) is 0 Å². The van der Waals surface area contributed by atoms with E-state index in [4.69, 9.17) is 4.74 Å². The molecule has 0 radical (unpaired) electrons. The van der Waals surface area contributed by atoms with E-state index in [-0.39, 0.29) is 25.4 Å². The minimum Gasteiger partial charge on any atom is -0.436 e. The van der Waals surface area contributed by atoms with E-state index in [0.717, 1.165) is 73.4 Å². The molecule has 0 bridgehead atoms. The molecule has 250 valence electrons. The number of carbonyl (C=O) groups excluding carboxylic acids is 3. The molecule has 2 aromatic rings. The van der Waals surface area contributed by atoms with Crippen molar-refractivity contribution < 1.29 is 19.1 Å². The summed E-state index contributed by atoms with van der Waals surface area (Å²) < 4.78 is 6.08. The largest absolute Gasteiger partial charge is 0.436 e. The van der Waals surface area contributed by atoms with E-state index in [1.807, 2.05) is 41.8 Å². The highest BCUT2D eigenvalue weighted by Crippen LogP contribution is 2.26. The first-order valence-corrected chi connectivity index (χ1v) is 16.8. The Hall–Kier alpha value is -3.63. The van der Waals surface area contributed by atoms with Crippen molar-refractivity contribution in [1.29, 1.82) is 0 Å². The molecule has 2 N–H and O–H groups in total. The second kappa shape index (κ2) is 15.3. The lowest BCUT2D eigenvalue weighted by atomic mass is 9.99. The number of hydrogen-bond acceptors (Lipinski definition) is 6. The van der Waals surface area contributed by atoms with Gasteiger partial charge in [-0.25, -0.2) is 9.59 Å². The van der Waals surface area contributed by atoms with Crippen LogP contribution < -0.4 is 10.6 Å². The SMILES string of the molecule is C.Cc1cc(C)cc(C[C@@H](OC(=O)N2CCC(N3CCc4ccccc4NC3=O)CC2)C(=O)N2CCC(N3CCNCC3)CC2)c1. The lowest BCUT2D eigenvalue weighted by Crippen LogP contribution is -2.54. The van der Waals surface area contributed by atoms with Gasteiger partial charge in [-0.05, 0) is 63.1 Å². The highest BCUT2D eigenvalue weighted by molar-refractivity contribution is 5.91. The number of aryl methyl sites for hydroxylation is 2. The molecule has 2 aromatic carbocycles. The zero-order valence-electron chi connectivity index (χ0n) is 26.8. The van der Waals surface area contributed by atoms with Crippen LogP contribution in [0.5, 0.6) is 0 Å². The van der Waals surface area contributed by atoms with Crippen LogP contribution in [0, 0.1) is 13.8 Å². The molecule has 6 rings (SSSR count). The van der Waals surface area contributed by atoms with E-state index in [9.17, 15) is 14.4 Å². The van der Waals surface area contributed by atoms with Crippen LogP contribution in [0.25, 0.3) is 0 Å². The minimum atomic E-state index is -0.873. The predicted octanol–water partition coefficient (Wildman–Crippen LogP) is 4.44. The number of piperidine rings is 2. The summed E-state index contributed by atoms with van der Waals surface area (Å²) in [7, 11) is 0. The average molecular weight is 633 g/mol. The van der Waals surface area contributed by atoms with Gasteiger partial charge >= 0.3 is 12.1 Å². The molecule has 4 aliphatic heterocycles. The van der Waals surface area contributed by atoms with Gasteiger partial charge < -0.3 is 30.1 Å². The van der Waals surface area contributed by atoms with Crippen molar-refractivity contribution in [2.45, 2.75) is 78.0 Å². The molecular weight excluding hydrogens is 580 g/mol. The number of nitrogens with one attached hydrogen (secondary N) is 2. The van der Waals surface area contributed by atoms with Crippen molar-refractivity contribution in [2.24, 2.45) is 0 Å². The van der Waals surface area contributed by atoms with Crippen LogP contribution in [0.3, 0.4) is 0 Å². The molecule has 4 heterocycles. The van der Waals surface area contributed by atoms with Gasteiger partial charge in [0.1, 0.15) is 0 Å². The van der Waals surface area contributed by atoms with Crippen LogP contribution in [0.4, 0.5) is 15.3 Å². The smallest absolute Gasteiger partial charge is 0.410 e. The number of nitrogens with zero attached hydrogens (tertiary/aromatic N) is 4. The highest BCUT2D eigenvalue weighted by Gasteiger charge is 2.36. The number of amides is 4. The van der Waals surface area contributed by atoms with Crippen molar-refractivity contribution in [2.75, 3.05) is 64.2 Å². The number of ether oxygens (including phenoxy) is 1. The second-order valence-electron chi connectivity index (χ2n) is 13.2. The Kier molecular flexibility index (Phi) is 11.2. The number of anilines is 1. The summed E-state index contributed by atoms with van der Waals surface area (Å²) in [5.41, 5.74) is 5.27. The van der Waals surface area contributed by atoms with Crippen LogP contribution in [0.15, 0.2) is 42.5 Å². The van der Waals surface area contributed by atoms with E-state index in [1.54, 1.807) is 4.90 Å². The molecule has 3 saturated heterocycles. The van der Waals surface area contributed by atoms with Gasteiger partial charge in [-0.2, -0.15) is 0 Å². The molecular formula is C36H52N6O4. The number of carbonyl (C=O) groups is 3. The molecule has 0 aromatic heterocycles. The molecule has 10 heteroatoms. The summed E-state index contributed by atoms with van der Waals surface area (Å²) >= 11 is 0. The zero-order valence-corrected chi connectivity index (χ0v) is 26.8. The van der Waals surface area contributed by atoms with Gasteiger partial charge in [0, 0.05) is 83.1 Å². The van der Waals surface area contributed by atoms with Crippen LogP contribution >= 0.6 is 0 Å². The molecule has 10 nitrogen and oxygen atoms in total. The number of likely N-dealkylation sites (tertiary alicyclic amines) is 2. The third kappa shape index (κ3) is 8.01. The molecule has 1 atom stereocenters. The molecule has 0 saturated carbocycles. The minimum absolute atomic E-state index is 0. The van der Waals surface area contributed by atoms with Gasteiger partial charge in [-0.15, -0.1) is 0 Å². The number of para-hydroxylation sites is 1. The maximum absolute atomic E-state index is 13.9. The second-order valence-corrected chi connectivity index (χ2v) is 13.2. The first-order chi connectivity index (χ1) is 21.8. The predicted molar refractivity (Wildman–Crippen MR) is 181 cm³/mol. The van der Waals surface area contributed by atoms with Gasteiger partial charge in [0.05, 0.1) is 0 Å². The Morgan fingerprint density at radius 1 is 0.848 bits per heavy atom. The van der Waals surface area contributed by atoms with Gasteiger partial charge in [-0.3, -0.25) is 9.69 Å². The first kappa shape index (κ1) is 33.7. The zero-order chi connectivity index (χ0) is 31.3. The monoisotopic (exact) mass is 632 g/mol. The molecule has 0 unspecified atom stereocenters. The van der Waals surface area contributed by atoms with Gasteiger partial charge in [0.2, 0.25) is 0 Å². The Labute approximate surface area is 274 Å². The molecule has 0 spiro atoms. The van der Waals surface area contributed by atoms with Crippen molar-refractivity contribution in [3.8, 4) is 0 Å². The van der Waals surface area contributed by atoms with Crippen LogP contribution in [-0.2, 0) is 22.4 Å². The first-order valence-electron chi connectivity index (χ1n) is 16.8. The number of benzene rings is 2. The molecule has 3 fully saturated rings. The third-order valence-corrected chi connectivity index (χ3v) is 9.97. The van der Waals surface area contributed by atoms with Crippen LogP contribution in [0.1, 0.15) is 55.4 Å². The quantitative estimate of drug-likeness (QED) is 0.489. The number of hydrogen-bond donors (Lipinski definition) is 2. The van der Waals surface area contributed by atoms with E-state index in [0.29, 0.717) is 58.0 Å². The van der Waals surface area contributed by atoms with Crippen molar-refractivity contribution in [1.82, 2.24) is 24.9 Å². The molecule has 0 aliphatic carbocycles. The summed E-state index contributed by atoms with van der Waals surface area (Å²) in [6.07, 6.45) is 3.07. The summed E-state index contributed by atoms with van der Waals surface area (Å²) in [6, 6.07) is 14.7. The van der Waals surface area contributed by atoms with Crippen molar-refractivity contribution >= 4 is 23.7 Å². The Morgan fingerprint density at radius 2 is 1.48 bits per heavy atom. The summed E-state index contributed by atoms with van der Waals surface area (Å²) in [4.78, 5) is 48.6. The van der Waals surface area contributed by atoms with E-state index in [2.05, 4.69) is 39.8 Å².